The molecule has 6 aromatic rings. The van der Waals surface area contributed by atoms with Gasteiger partial charge in [0.05, 0.1) is 0 Å². The molecule has 0 aliphatic heterocycles. The molecular weight excluding hydrogens is 691 g/mol. The van der Waals surface area contributed by atoms with E-state index in [0.29, 0.717) is 11.1 Å². The first-order chi connectivity index (χ1) is 21.4. The zero-order chi connectivity index (χ0) is 30.9. The van der Waals surface area contributed by atoms with Crippen LogP contribution in [0, 0.1) is 35.6 Å². The van der Waals surface area contributed by atoms with Gasteiger partial charge in [0.1, 0.15) is 30.3 Å². The second kappa shape index (κ2) is 16.0. The summed E-state index contributed by atoms with van der Waals surface area (Å²) in [5.74, 6) is -0.674. The summed E-state index contributed by atoms with van der Waals surface area (Å²) in [5, 5.41) is 34.6. The van der Waals surface area contributed by atoms with Gasteiger partial charge in [0.25, 0.3) is 5.95 Å². The van der Waals surface area contributed by atoms with E-state index in [4.69, 9.17) is 9.47 Å². The summed E-state index contributed by atoms with van der Waals surface area (Å²) in [7, 11) is 0. The second-order valence-electron chi connectivity index (χ2n) is 10.1. The van der Waals surface area contributed by atoms with E-state index in [2.05, 4.69) is 0 Å². The predicted octanol–water partition coefficient (Wildman–Crippen LogP) is 8.81. The minimum atomic E-state index is -0.602. The molecule has 0 heterocycles. The Hall–Kier alpha value is -4.56. The predicted molar refractivity (Wildman–Crippen MR) is 173 cm³/mol. The van der Waals surface area contributed by atoms with Crippen LogP contribution in [0.25, 0.3) is 32.7 Å². The first kappa shape index (κ1) is 33.3. The topological polar surface area (TPSA) is 96.2 Å². The zero-order valence-corrected chi connectivity index (χ0v) is 28.4. The van der Waals surface area contributed by atoms with Gasteiger partial charge >= 0.3 is 5.97 Å². The number of benzene rings is 6. The molecule has 0 unspecified atom stereocenters. The van der Waals surface area contributed by atoms with Crippen LogP contribution in [0.15, 0.2) is 145 Å². The molecule has 7 heteroatoms. The van der Waals surface area contributed by atoms with E-state index in [-0.39, 0.29) is 65.9 Å². The number of hydrogen-bond acceptors (Lipinski definition) is 6. The molecule has 0 aliphatic carbocycles. The molecule has 6 rings (SSSR count). The maximum absolute atomic E-state index is 11.8. The van der Waals surface area contributed by atoms with Crippen molar-refractivity contribution in [2.24, 2.45) is 0 Å². The standard InChI is InChI=1S/C20H14O2.C18H18O4.La/c21-17-11-9-13-5-1-3-7-15(13)19(17)20-16-8-4-2-6-14(16)10-12-18(20)22;1-14(17(19)21-12-15-8-4-2-5-9-15)18(20)22-13-16-10-6-3-7-11-16;/h1-12,21-22H;2-11,19H,12-13H2,1H3;/b;17-14+;. The summed E-state index contributed by atoms with van der Waals surface area (Å²) >= 11 is 0. The van der Waals surface area contributed by atoms with Crippen LogP contribution in [-0.2, 0) is 27.5 Å². The molecule has 0 aromatic heterocycles. The first-order valence-corrected chi connectivity index (χ1v) is 14.1. The summed E-state index contributed by atoms with van der Waals surface area (Å²) in [6, 6.07) is 41.6. The molecule has 3 N–H and O–H groups in total. The van der Waals surface area contributed by atoms with Crippen molar-refractivity contribution in [2.45, 2.75) is 20.1 Å². The van der Waals surface area contributed by atoms with Gasteiger partial charge in [-0.1, -0.05) is 121 Å². The first-order valence-electron chi connectivity index (χ1n) is 14.1. The molecule has 0 spiro atoms. The number of fused-ring (bicyclic) bond motifs is 2. The van der Waals surface area contributed by atoms with Crippen LogP contribution < -0.4 is 0 Å². The molecule has 1 radical (unpaired) electrons. The monoisotopic (exact) mass is 723 g/mol. The van der Waals surface area contributed by atoms with Crippen LogP contribution in [0.2, 0.25) is 0 Å². The van der Waals surface area contributed by atoms with Gasteiger partial charge in [-0.05, 0) is 51.7 Å². The third-order valence-corrected chi connectivity index (χ3v) is 7.12. The van der Waals surface area contributed by atoms with Gasteiger partial charge in [-0.25, -0.2) is 4.79 Å². The molecule has 6 aromatic carbocycles. The number of phenolic OH excluding ortho intramolecular Hbond substituents is 2. The van der Waals surface area contributed by atoms with Crippen LogP contribution in [0.3, 0.4) is 0 Å². The van der Waals surface area contributed by atoms with Crippen LogP contribution in [-0.4, -0.2) is 21.3 Å². The fraction of sp³-hybridized carbons (Fsp3) is 0.0789. The quantitative estimate of drug-likeness (QED) is 0.0866. The van der Waals surface area contributed by atoms with Crippen LogP contribution >= 0.6 is 0 Å². The Morgan fingerprint density at radius 1 is 0.556 bits per heavy atom. The molecule has 0 fully saturated rings. The van der Waals surface area contributed by atoms with Gasteiger partial charge in [0.15, 0.2) is 0 Å². The second-order valence-corrected chi connectivity index (χ2v) is 10.1. The number of aromatic hydroxyl groups is 2. The van der Waals surface area contributed by atoms with Crippen molar-refractivity contribution in [3.05, 3.63) is 156 Å². The summed E-state index contributed by atoms with van der Waals surface area (Å²) in [6.07, 6.45) is 0. The van der Waals surface area contributed by atoms with Gasteiger partial charge in [-0.15, -0.1) is 0 Å². The number of carbonyl (C=O) groups is 1. The Labute approximate surface area is 289 Å². The summed E-state index contributed by atoms with van der Waals surface area (Å²) < 4.78 is 10.3. The van der Waals surface area contributed by atoms with Gasteiger partial charge in [-0.3, -0.25) is 0 Å². The van der Waals surface area contributed by atoms with E-state index < -0.39 is 11.9 Å². The van der Waals surface area contributed by atoms with E-state index >= 15 is 0 Å². The van der Waals surface area contributed by atoms with Crippen molar-refractivity contribution >= 4 is 27.5 Å². The Morgan fingerprint density at radius 2 is 0.956 bits per heavy atom. The number of ether oxygens (including phenoxy) is 2. The minimum absolute atomic E-state index is 0. The van der Waals surface area contributed by atoms with Gasteiger partial charge in [0.2, 0.25) is 0 Å². The zero-order valence-electron chi connectivity index (χ0n) is 24.8. The number of aliphatic hydroxyl groups is 1. The van der Waals surface area contributed by atoms with Crippen LogP contribution in [0.5, 0.6) is 11.5 Å². The van der Waals surface area contributed by atoms with Crippen LogP contribution in [0.1, 0.15) is 18.1 Å². The Bertz CT molecular complexity index is 1840. The van der Waals surface area contributed by atoms with Crippen molar-refractivity contribution in [2.75, 3.05) is 0 Å². The van der Waals surface area contributed by atoms with E-state index in [0.717, 1.165) is 32.7 Å². The average molecular weight is 724 g/mol. The SMILES string of the molecule is C/C(C(=O)OCc1ccccc1)=C(/O)OCc1ccccc1.Oc1ccc2ccccc2c1-c1c(O)ccc2ccccc12.[La]. The van der Waals surface area contributed by atoms with Gasteiger partial charge < -0.3 is 24.8 Å². The number of aliphatic hydroxyl groups excluding tert-OH is 1. The van der Waals surface area contributed by atoms with Crippen molar-refractivity contribution < 1.29 is 65.2 Å². The fourth-order valence-corrected chi connectivity index (χ4v) is 4.80. The molecule has 0 saturated carbocycles. The Kier molecular flexibility index (Phi) is 11.8. The number of esters is 1. The molecule has 45 heavy (non-hydrogen) atoms. The number of rotatable bonds is 7. The van der Waals surface area contributed by atoms with Crippen molar-refractivity contribution in [3.8, 4) is 22.6 Å². The van der Waals surface area contributed by atoms with E-state index in [1.165, 1.54) is 6.92 Å². The van der Waals surface area contributed by atoms with Crippen molar-refractivity contribution in [1.82, 2.24) is 0 Å². The van der Waals surface area contributed by atoms with E-state index in [1.54, 1.807) is 12.1 Å². The molecule has 223 valence electrons. The smallest absolute Gasteiger partial charge is 0.341 e. The Balaban J connectivity index is 0.000000200. The normalized spacial score (nSPS) is 11.0. The summed E-state index contributed by atoms with van der Waals surface area (Å²) in [5.41, 5.74) is 3.18. The van der Waals surface area contributed by atoms with E-state index in [1.807, 2.05) is 121 Å². The summed E-state index contributed by atoms with van der Waals surface area (Å²) in [4.78, 5) is 11.8. The van der Waals surface area contributed by atoms with Gasteiger partial charge in [0, 0.05) is 46.7 Å². The van der Waals surface area contributed by atoms with Crippen molar-refractivity contribution in [3.63, 3.8) is 0 Å². The average Bonchev–Trinajstić information content (AvgIpc) is 3.07. The number of phenols is 2. The van der Waals surface area contributed by atoms with Crippen LogP contribution in [0.4, 0.5) is 0 Å². The maximum Gasteiger partial charge on any atom is 0.341 e. The molecular formula is C38H32LaO6. The van der Waals surface area contributed by atoms with Gasteiger partial charge in [-0.2, -0.15) is 0 Å². The number of carbonyl (C=O) groups excluding carboxylic acids is 1. The third-order valence-electron chi connectivity index (χ3n) is 7.12. The summed E-state index contributed by atoms with van der Waals surface area (Å²) in [6.45, 7) is 1.81. The molecule has 0 bridgehead atoms. The largest absolute Gasteiger partial charge is 0.507 e. The fourth-order valence-electron chi connectivity index (χ4n) is 4.80. The third kappa shape index (κ3) is 8.34. The molecule has 0 saturated heterocycles. The Morgan fingerprint density at radius 3 is 1.42 bits per heavy atom. The molecule has 0 atom stereocenters. The van der Waals surface area contributed by atoms with E-state index in [9.17, 15) is 20.1 Å². The maximum atomic E-state index is 11.8. The number of hydrogen-bond donors (Lipinski definition) is 3. The molecule has 0 aliphatic rings. The molecule has 6 nitrogen and oxygen atoms in total. The minimum Gasteiger partial charge on any atom is -0.507 e. The molecule has 0 amide bonds. The van der Waals surface area contributed by atoms with Crippen molar-refractivity contribution in [1.29, 1.82) is 0 Å².